The molecule has 4 heterocycles. The van der Waals surface area contributed by atoms with Crippen molar-refractivity contribution < 1.29 is 4.74 Å². The van der Waals surface area contributed by atoms with Crippen LogP contribution in [0.4, 0.5) is 0 Å². The van der Waals surface area contributed by atoms with Crippen molar-refractivity contribution in [3.63, 3.8) is 0 Å². The van der Waals surface area contributed by atoms with E-state index in [0.29, 0.717) is 0 Å². The van der Waals surface area contributed by atoms with Gasteiger partial charge in [-0.05, 0) is 49.3 Å². The molecule has 5 heteroatoms. The van der Waals surface area contributed by atoms with Crippen molar-refractivity contribution in [1.29, 1.82) is 0 Å². The Hall–Kier alpha value is -1.17. The SMILES string of the molecule is CCn1ccc(CN2CCC3(CC2)OCCc2ccsc23)n1. The summed E-state index contributed by atoms with van der Waals surface area (Å²) in [4.78, 5) is 4.01. The van der Waals surface area contributed by atoms with E-state index in [1.54, 1.807) is 0 Å². The van der Waals surface area contributed by atoms with Gasteiger partial charge in [-0.2, -0.15) is 5.10 Å². The second-order valence-electron chi connectivity index (χ2n) is 6.31. The molecule has 4 nitrogen and oxygen atoms in total. The molecule has 0 unspecified atom stereocenters. The lowest BCUT2D eigenvalue weighted by Crippen LogP contribution is -2.45. The quantitative estimate of drug-likeness (QED) is 0.872. The van der Waals surface area contributed by atoms with Gasteiger partial charge in [-0.1, -0.05) is 0 Å². The summed E-state index contributed by atoms with van der Waals surface area (Å²) in [5, 5.41) is 6.83. The Morgan fingerprint density at radius 2 is 2.18 bits per heavy atom. The molecule has 1 saturated heterocycles. The molecular formula is C17H23N3OS. The average Bonchev–Trinajstić information content (AvgIpc) is 3.19. The molecular weight excluding hydrogens is 294 g/mol. The Labute approximate surface area is 135 Å². The third-order valence-electron chi connectivity index (χ3n) is 4.98. The Morgan fingerprint density at radius 1 is 1.32 bits per heavy atom. The summed E-state index contributed by atoms with van der Waals surface area (Å²) in [7, 11) is 0. The van der Waals surface area contributed by atoms with E-state index in [-0.39, 0.29) is 5.60 Å². The minimum Gasteiger partial charge on any atom is -0.369 e. The summed E-state index contributed by atoms with van der Waals surface area (Å²) in [6, 6.07) is 4.43. The van der Waals surface area contributed by atoms with E-state index in [1.807, 2.05) is 16.0 Å². The molecule has 2 aliphatic rings. The maximum Gasteiger partial charge on any atom is 0.105 e. The van der Waals surface area contributed by atoms with Gasteiger partial charge in [-0.3, -0.25) is 9.58 Å². The van der Waals surface area contributed by atoms with Crippen LogP contribution in [0, 0.1) is 0 Å². The molecule has 0 bridgehead atoms. The number of aromatic nitrogens is 2. The molecule has 2 aromatic heterocycles. The van der Waals surface area contributed by atoms with Crippen LogP contribution in [-0.2, 0) is 29.8 Å². The summed E-state index contributed by atoms with van der Waals surface area (Å²) < 4.78 is 8.28. The third-order valence-corrected chi connectivity index (χ3v) is 6.12. The Morgan fingerprint density at radius 3 is 2.95 bits per heavy atom. The van der Waals surface area contributed by atoms with Crippen LogP contribution in [0.25, 0.3) is 0 Å². The molecule has 0 aliphatic carbocycles. The molecule has 4 rings (SSSR count). The smallest absolute Gasteiger partial charge is 0.105 e. The number of rotatable bonds is 3. The maximum atomic E-state index is 6.28. The van der Waals surface area contributed by atoms with Crippen molar-refractivity contribution in [2.75, 3.05) is 19.7 Å². The molecule has 0 aromatic carbocycles. The van der Waals surface area contributed by atoms with E-state index < -0.39 is 0 Å². The van der Waals surface area contributed by atoms with Crippen molar-refractivity contribution in [1.82, 2.24) is 14.7 Å². The molecule has 0 N–H and O–H groups in total. The normalized spacial score (nSPS) is 21.1. The van der Waals surface area contributed by atoms with Crippen LogP contribution in [0.2, 0.25) is 0 Å². The maximum absolute atomic E-state index is 6.28. The molecule has 0 radical (unpaired) electrons. The number of hydrogen-bond donors (Lipinski definition) is 0. The zero-order chi connectivity index (χ0) is 15.0. The van der Waals surface area contributed by atoms with Gasteiger partial charge >= 0.3 is 0 Å². The van der Waals surface area contributed by atoms with Gasteiger partial charge in [0.2, 0.25) is 0 Å². The molecule has 0 atom stereocenters. The fraction of sp³-hybridized carbons (Fsp3) is 0.588. The number of nitrogens with zero attached hydrogens (tertiary/aromatic N) is 3. The van der Waals surface area contributed by atoms with Crippen LogP contribution in [0.3, 0.4) is 0 Å². The Kier molecular flexibility index (Phi) is 3.80. The van der Waals surface area contributed by atoms with Crippen LogP contribution < -0.4 is 0 Å². The topological polar surface area (TPSA) is 30.3 Å². The van der Waals surface area contributed by atoms with Crippen LogP contribution >= 0.6 is 11.3 Å². The first-order valence-electron chi connectivity index (χ1n) is 8.24. The van der Waals surface area contributed by atoms with Gasteiger partial charge in [0.05, 0.1) is 12.3 Å². The van der Waals surface area contributed by atoms with Crippen LogP contribution in [-0.4, -0.2) is 34.4 Å². The van der Waals surface area contributed by atoms with Gasteiger partial charge in [-0.15, -0.1) is 11.3 Å². The predicted octanol–water partition coefficient (Wildman–Crippen LogP) is 3.03. The monoisotopic (exact) mass is 317 g/mol. The van der Waals surface area contributed by atoms with Crippen LogP contribution in [0.1, 0.15) is 35.9 Å². The molecule has 0 amide bonds. The molecule has 1 spiro atoms. The lowest BCUT2D eigenvalue weighted by molar-refractivity contribution is -0.0962. The van der Waals surface area contributed by atoms with Crippen LogP contribution in [0.5, 0.6) is 0 Å². The van der Waals surface area contributed by atoms with Crippen molar-refractivity contribution in [2.45, 2.75) is 44.9 Å². The summed E-state index contributed by atoms with van der Waals surface area (Å²) in [6.07, 6.45) is 5.37. The third kappa shape index (κ3) is 2.51. The van der Waals surface area contributed by atoms with Gasteiger partial charge in [0.15, 0.2) is 0 Å². The highest BCUT2D eigenvalue weighted by molar-refractivity contribution is 7.10. The van der Waals surface area contributed by atoms with Gasteiger partial charge in [0.1, 0.15) is 5.60 Å². The highest BCUT2D eigenvalue weighted by Crippen LogP contribution is 2.44. The average molecular weight is 317 g/mol. The van der Waals surface area contributed by atoms with E-state index in [4.69, 9.17) is 4.74 Å². The molecule has 1 fully saturated rings. The highest BCUT2D eigenvalue weighted by Gasteiger charge is 2.41. The molecule has 0 saturated carbocycles. The van der Waals surface area contributed by atoms with Crippen LogP contribution in [0.15, 0.2) is 23.7 Å². The van der Waals surface area contributed by atoms with Crippen molar-refractivity contribution >= 4 is 11.3 Å². The van der Waals surface area contributed by atoms with Crippen molar-refractivity contribution in [3.05, 3.63) is 39.8 Å². The minimum absolute atomic E-state index is 0.00102. The highest BCUT2D eigenvalue weighted by atomic mass is 32.1. The number of ether oxygens (including phenoxy) is 1. The first-order valence-corrected chi connectivity index (χ1v) is 9.12. The van der Waals surface area contributed by atoms with Crippen molar-refractivity contribution in [3.8, 4) is 0 Å². The number of aryl methyl sites for hydroxylation is 1. The minimum atomic E-state index is 0.00102. The molecule has 22 heavy (non-hydrogen) atoms. The van der Waals surface area contributed by atoms with Gasteiger partial charge < -0.3 is 4.74 Å². The Balaban J connectivity index is 1.43. The number of piperidine rings is 1. The second-order valence-corrected chi connectivity index (χ2v) is 7.22. The largest absolute Gasteiger partial charge is 0.369 e. The number of likely N-dealkylation sites (tertiary alicyclic amines) is 1. The van der Waals surface area contributed by atoms with Crippen molar-refractivity contribution in [2.24, 2.45) is 0 Å². The van der Waals surface area contributed by atoms with Gasteiger partial charge in [0.25, 0.3) is 0 Å². The molecule has 2 aliphatic heterocycles. The number of hydrogen-bond acceptors (Lipinski definition) is 4. The summed E-state index contributed by atoms with van der Waals surface area (Å²) in [5.74, 6) is 0. The van der Waals surface area contributed by atoms with E-state index >= 15 is 0 Å². The summed E-state index contributed by atoms with van der Waals surface area (Å²) in [5.41, 5.74) is 2.70. The fourth-order valence-corrected chi connectivity index (χ4v) is 4.86. The number of thiophene rings is 1. The zero-order valence-electron chi connectivity index (χ0n) is 13.1. The van der Waals surface area contributed by atoms with E-state index in [0.717, 1.165) is 52.0 Å². The van der Waals surface area contributed by atoms with E-state index in [9.17, 15) is 0 Å². The fourth-order valence-electron chi connectivity index (χ4n) is 3.69. The lowest BCUT2D eigenvalue weighted by Gasteiger charge is -2.43. The molecule has 118 valence electrons. The van der Waals surface area contributed by atoms with Gasteiger partial charge in [-0.25, -0.2) is 0 Å². The standard InChI is InChI=1S/C17H23N3OS/c1-2-20-8-3-15(18-20)13-19-9-6-17(7-10-19)16-14(4-11-21-17)5-12-22-16/h3,5,8,12H,2,4,6-7,9-11,13H2,1H3. The molecule has 2 aromatic rings. The predicted molar refractivity (Wildman–Crippen MR) is 88.1 cm³/mol. The lowest BCUT2D eigenvalue weighted by atomic mass is 9.85. The number of fused-ring (bicyclic) bond motifs is 2. The van der Waals surface area contributed by atoms with E-state index in [1.165, 1.54) is 16.1 Å². The summed E-state index contributed by atoms with van der Waals surface area (Å²) in [6.45, 7) is 7.09. The second kappa shape index (κ2) is 5.80. The van der Waals surface area contributed by atoms with E-state index in [2.05, 4.69) is 40.6 Å². The first-order chi connectivity index (χ1) is 10.8. The van der Waals surface area contributed by atoms with Gasteiger partial charge in [0, 0.05) is 37.3 Å². The summed E-state index contributed by atoms with van der Waals surface area (Å²) >= 11 is 1.88. The first kappa shape index (κ1) is 14.4. The zero-order valence-corrected chi connectivity index (χ0v) is 13.9. The Bertz CT molecular complexity index is 640.